The molecule has 0 bridgehead atoms. The van der Waals surface area contributed by atoms with Gasteiger partial charge < -0.3 is 9.13 Å². The monoisotopic (exact) mass is 851 g/mol. The second-order valence-corrected chi connectivity index (χ2v) is 16.3. The molecular weight excluding hydrogens is 817 g/mol. The maximum absolute atomic E-state index is 16.3. The van der Waals surface area contributed by atoms with Gasteiger partial charge in [0, 0.05) is 49.4 Å². The minimum atomic E-state index is -0.733. The first kappa shape index (κ1) is 38.7. The molecule has 7 heteroatoms. The van der Waals surface area contributed by atoms with Crippen LogP contribution in [0.4, 0.5) is 8.78 Å². The van der Waals surface area contributed by atoms with Crippen LogP contribution in [0.5, 0.6) is 0 Å². The summed E-state index contributed by atoms with van der Waals surface area (Å²) < 4.78 is 36.6. The SMILES string of the molecule is N#Cc1c(-n2c3ccccc3c3ccc(-c4cccc(-c5ccccc5)n4)cc32)ccc(-c2c(F)cccc2F)c1-n1c2ccccc2c2ccc(-c3cccc(-c4ccccc4)n3)cc21. The summed E-state index contributed by atoms with van der Waals surface area (Å²) in [6.45, 7) is 0. The van der Waals surface area contributed by atoms with Crippen molar-refractivity contribution in [1.29, 1.82) is 5.26 Å². The van der Waals surface area contributed by atoms with Crippen LogP contribution < -0.4 is 0 Å². The van der Waals surface area contributed by atoms with E-state index in [1.54, 1.807) is 6.07 Å². The summed E-state index contributed by atoms with van der Waals surface area (Å²) in [6.07, 6.45) is 0. The first-order chi connectivity index (χ1) is 32.5. The molecule has 0 radical (unpaired) electrons. The zero-order valence-electron chi connectivity index (χ0n) is 35.2. The van der Waals surface area contributed by atoms with E-state index in [4.69, 9.17) is 9.97 Å². The molecule has 0 saturated carbocycles. The smallest absolute Gasteiger partial charge is 0.134 e. The summed E-state index contributed by atoms with van der Waals surface area (Å²) >= 11 is 0. The zero-order valence-corrected chi connectivity index (χ0v) is 35.2. The first-order valence-corrected chi connectivity index (χ1v) is 21.7. The van der Waals surface area contributed by atoms with E-state index in [9.17, 15) is 5.26 Å². The highest BCUT2D eigenvalue weighted by Gasteiger charge is 2.27. The normalized spacial score (nSPS) is 11.5. The Hall–Kier alpha value is -8.99. The van der Waals surface area contributed by atoms with E-state index in [0.717, 1.165) is 88.6 Å². The van der Waals surface area contributed by atoms with Gasteiger partial charge in [-0.1, -0.05) is 140 Å². The van der Waals surface area contributed by atoms with Crippen LogP contribution in [0.2, 0.25) is 0 Å². The Bertz CT molecular complexity index is 3900. The highest BCUT2D eigenvalue weighted by Crippen LogP contribution is 2.44. The Balaban J connectivity index is 1.15. The Labute approximate surface area is 378 Å². The fraction of sp³-hybridized carbons (Fsp3) is 0. The summed E-state index contributed by atoms with van der Waals surface area (Å²) in [4.78, 5) is 10.2. The summed E-state index contributed by atoms with van der Waals surface area (Å²) in [6, 6.07) is 70.6. The van der Waals surface area contributed by atoms with Crippen molar-refractivity contribution in [2.75, 3.05) is 0 Å². The van der Waals surface area contributed by atoms with Crippen molar-refractivity contribution in [3.63, 3.8) is 0 Å². The number of hydrogen-bond acceptors (Lipinski definition) is 3. The van der Waals surface area contributed by atoms with Crippen LogP contribution >= 0.6 is 0 Å². The second-order valence-electron chi connectivity index (χ2n) is 16.3. The van der Waals surface area contributed by atoms with Crippen LogP contribution in [0.1, 0.15) is 5.56 Å². The number of rotatable bonds is 7. The van der Waals surface area contributed by atoms with Gasteiger partial charge in [0.2, 0.25) is 0 Å². The molecule has 8 aromatic carbocycles. The van der Waals surface area contributed by atoms with Crippen LogP contribution in [0.15, 0.2) is 212 Å². The summed E-state index contributed by atoms with van der Waals surface area (Å²) in [5.74, 6) is -1.47. The lowest BCUT2D eigenvalue weighted by Crippen LogP contribution is -2.07. The molecule has 4 aromatic heterocycles. The van der Waals surface area contributed by atoms with Crippen LogP contribution in [-0.2, 0) is 0 Å². The van der Waals surface area contributed by atoms with Crippen molar-refractivity contribution >= 4 is 43.6 Å². The average Bonchev–Trinajstić information content (AvgIpc) is 3.88. The molecular formula is C59H35F2N5. The van der Waals surface area contributed by atoms with Gasteiger partial charge in [-0.15, -0.1) is 0 Å². The number of halogens is 2. The Kier molecular flexibility index (Phi) is 9.18. The molecule has 0 saturated heterocycles. The standard InChI is InChI=1S/C59H35F2N5/c60-47-20-11-21-48(61)58(47)45-32-33-55(65-53-26-9-7-18-41(53)43-30-28-39(34-56(43)65)51-24-12-22-49(63-51)37-14-3-1-4-15-37)46(36-62)59(45)66-54-27-10-8-19-42(54)44-31-29-40(35-57(44)66)52-25-13-23-50(64-52)38-16-5-2-6-17-38/h1-35H. The number of fused-ring (bicyclic) bond motifs is 6. The van der Waals surface area contributed by atoms with Crippen LogP contribution in [0.3, 0.4) is 0 Å². The number of hydrogen-bond donors (Lipinski definition) is 0. The topological polar surface area (TPSA) is 59.4 Å². The Morgan fingerprint density at radius 3 is 1.35 bits per heavy atom. The molecule has 66 heavy (non-hydrogen) atoms. The number of pyridine rings is 2. The lowest BCUT2D eigenvalue weighted by molar-refractivity contribution is 0.589. The minimum Gasteiger partial charge on any atom is -0.308 e. The van der Waals surface area contributed by atoms with Crippen molar-refractivity contribution < 1.29 is 8.78 Å². The molecule has 4 heterocycles. The van der Waals surface area contributed by atoms with E-state index in [1.807, 2.05) is 150 Å². The van der Waals surface area contributed by atoms with Crippen LogP contribution in [0, 0.1) is 23.0 Å². The molecule has 0 atom stereocenters. The van der Waals surface area contributed by atoms with Gasteiger partial charge in [0.25, 0.3) is 0 Å². The molecule has 310 valence electrons. The fourth-order valence-corrected chi connectivity index (χ4v) is 9.56. The molecule has 0 amide bonds. The third kappa shape index (κ3) is 6.27. The van der Waals surface area contributed by atoms with Gasteiger partial charge in [-0.2, -0.15) is 5.26 Å². The molecule has 0 fully saturated rings. The van der Waals surface area contributed by atoms with Gasteiger partial charge in [-0.25, -0.2) is 18.7 Å². The van der Waals surface area contributed by atoms with Crippen molar-refractivity contribution in [1.82, 2.24) is 19.1 Å². The molecule has 5 nitrogen and oxygen atoms in total. The Morgan fingerprint density at radius 2 is 0.818 bits per heavy atom. The van der Waals surface area contributed by atoms with Gasteiger partial charge in [0.1, 0.15) is 23.3 Å². The minimum absolute atomic E-state index is 0.219. The van der Waals surface area contributed by atoms with Gasteiger partial charge >= 0.3 is 0 Å². The van der Waals surface area contributed by atoms with E-state index in [-0.39, 0.29) is 16.7 Å². The van der Waals surface area contributed by atoms with Gasteiger partial charge in [-0.05, 0) is 72.8 Å². The number of aromatic nitrogens is 4. The van der Waals surface area contributed by atoms with Gasteiger partial charge in [0.05, 0.1) is 61.8 Å². The van der Waals surface area contributed by atoms with E-state index >= 15 is 8.78 Å². The van der Waals surface area contributed by atoms with Crippen molar-refractivity contribution in [3.8, 4) is 73.6 Å². The largest absolute Gasteiger partial charge is 0.308 e. The summed E-state index contributed by atoms with van der Waals surface area (Å²) in [5.41, 5.74) is 11.4. The zero-order chi connectivity index (χ0) is 44.3. The Morgan fingerprint density at radius 1 is 0.379 bits per heavy atom. The lowest BCUT2D eigenvalue weighted by atomic mass is 9.97. The lowest BCUT2D eigenvalue weighted by Gasteiger charge is -2.20. The first-order valence-electron chi connectivity index (χ1n) is 21.7. The summed E-state index contributed by atoms with van der Waals surface area (Å²) in [5, 5.41) is 15.5. The second kappa shape index (κ2) is 15.7. The van der Waals surface area contributed by atoms with Crippen molar-refractivity contribution in [3.05, 3.63) is 230 Å². The number of benzene rings is 8. The van der Waals surface area contributed by atoms with Gasteiger partial charge in [0.15, 0.2) is 0 Å². The van der Waals surface area contributed by atoms with E-state index in [2.05, 4.69) is 53.1 Å². The van der Waals surface area contributed by atoms with Crippen LogP contribution in [-0.4, -0.2) is 19.1 Å². The van der Waals surface area contributed by atoms with Gasteiger partial charge in [-0.3, -0.25) is 0 Å². The molecule has 0 aliphatic heterocycles. The predicted octanol–water partition coefficient (Wildman–Crippen LogP) is 15.2. The highest BCUT2D eigenvalue weighted by atomic mass is 19.1. The maximum Gasteiger partial charge on any atom is 0.134 e. The highest BCUT2D eigenvalue weighted by molar-refractivity contribution is 6.12. The third-order valence-electron chi connectivity index (χ3n) is 12.5. The molecule has 12 rings (SSSR count). The maximum atomic E-state index is 16.3. The van der Waals surface area contributed by atoms with E-state index < -0.39 is 11.6 Å². The molecule has 12 aromatic rings. The van der Waals surface area contributed by atoms with E-state index in [1.165, 1.54) is 18.2 Å². The van der Waals surface area contributed by atoms with Crippen molar-refractivity contribution in [2.45, 2.75) is 0 Å². The molecule has 0 unspecified atom stereocenters. The van der Waals surface area contributed by atoms with Crippen molar-refractivity contribution in [2.24, 2.45) is 0 Å². The third-order valence-corrected chi connectivity index (χ3v) is 12.5. The molecule has 0 N–H and O–H groups in total. The fourth-order valence-electron chi connectivity index (χ4n) is 9.56. The molecule has 0 spiro atoms. The average molecular weight is 852 g/mol. The number of para-hydroxylation sites is 2. The molecule has 0 aliphatic rings. The summed E-state index contributed by atoms with van der Waals surface area (Å²) in [7, 11) is 0. The number of nitrogens with zero attached hydrogens (tertiary/aromatic N) is 5. The molecule has 0 aliphatic carbocycles. The predicted molar refractivity (Wildman–Crippen MR) is 263 cm³/mol. The van der Waals surface area contributed by atoms with E-state index in [0.29, 0.717) is 11.4 Å². The van der Waals surface area contributed by atoms with Crippen LogP contribution in [0.25, 0.3) is 111 Å². The quantitative estimate of drug-likeness (QED) is 0.160. The number of nitriles is 1.